The summed E-state index contributed by atoms with van der Waals surface area (Å²) in [5.41, 5.74) is 4.82. The van der Waals surface area contributed by atoms with E-state index in [4.69, 9.17) is 16.7 Å². The number of hydrogen-bond donors (Lipinski definition) is 0. The van der Waals surface area contributed by atoms with Crippen molar-refractivity contribution in [3.8, 4) is 0 Å². The molecule has 178 valence electrons. The quantitative estimate of drug-likeness (QED) is 0.357. The van der Waals surface area contributed by atoms with Crippen molar-refractivity contribution in [3.63, 3.8) is 0 Å². The number of hydrogen-bond acceptors (Lipinski definition) is 3. The van der Waals surface area contributed by atoms with Crippen LogP contribution < -0.4 is 9.91 Å². The van der Waals surface area contributed by atoms with Crippen LogP contribution in [0.4, 0.5) is 11.4 Å². The second-order valence-electron chi connectivity index (χ2n) is 9.99. The molecule has 3 aromatic carbocycles. The average Bonchev–Trinajstić information content (AvgIpc) is 3.10. The van der Waals surface area contributed by atoms with E-state index in [1.165, 1.54) is 16.8 Å². The maximum atomic E-state index is 14.3. The highest BCUT2D eigenvalue weighted by Crippen LogP contribution is 2.51. The van der Waals surface area contributed by atoms with Gasteiger partial charge in [0.1, 0.15) is 5.41 Å². The minimum atomic E-state index is -0.678. The number of nitrogens with zero attached hydrogens (tertiary/aromatic N) is 3. The first-order valence-electron chi connectivity index (χ1n) is 12.2. The highest BCUT2D eigenvalue weighted by Gasteiger charge is 2.59. The normalized spacial score (nSPS) is 25.5. The molecule has 1 fully saturated rings. The number of hydrazone groups is 1. The lowest BCUT2D eigenvalue weighted by atomic mass is 9.64. The van der Waals surface area contributed by atoms with Crippen molar-refractivity contribution in [3.05, 3.63) is 93.4 Å². The Hall–Kier alpha value is -2.63. The molecule has 0 aliphatic carbocycles. The zero-order valence-electron chi connectivity index (χ0n) is 19.6. The van der Waals surface area contributed by atoms with Crippen LogP contribution in [0.5, 0.6) is 0 Å². The van der Waals surface area contributed by atoms with Crippen LogP contribution >= 0.6 is 27.5 Å². The zero-order valence-corrected chi connectivity index (χ0v) is 22.0. The largest absolute Gasteiger partial charge is 0.367 e. The molecule has 0 saturated carbocycles. The van der Waals surface area contributed by atoms with Crippen molar-refractivity contribution in [2.45, 2.75) is 38.6 Å². The van der Waals surface area contributed by atoms with Crippen LogP contribution in [0.25, 0.3) is 0 Å². The molecule has 3 aliphatic heterocycles. The molecule has 3 heterocycles. The van der Waals surface area contributed by atoms with Crippen molar-refractivity contribution in [1.29, 1.82) is 0 Å². The van der Waals surface area contributed by atoms with Crippen LogP contribution in [0, 0.1) is 11.3 Å². The molecule has 0 N–H and O–H groups in total. The molecular weight excluding hydrogens is 522 g/mol. The minimum absolute atomic E-state index is 0.0679. The molecule has 3 atom stereocenters. The Kier molecular flexibility index (Phi) is 5.73. The Balaban J connectivity index is 1.41. The van der Waals surface area contributed by atoms with Gasteiger partial charge in [-0.3, -0.25) is 4.79 Å². The molecule has 0 unspecified atom stereocenters. The van der Waals surface area contributed by atoms with Gasteiger partial charge in [0, 0.05) is 27.8 Å². The summed E-state index contributed by atoms with van der Waals surface area (Å²) in [4.78, 5) is 16.8. The van der Waals surface area contributed by atoms with Gasteiger partial charge in [-0.05, 0) is 92.1 Å². The second kappa shape index (κ2) is 8.79. The fourth-order valence-corrected chi connectivity index (χ4v) is 6.83. The van der Waals surface area contributed by atoms with Crippen molar-refractivity contribution < 1.29 is 4.79 Å². The van der Waals surface area contributed by atoms with Crippen LogP contribution in [0.2, 0.25) is 5.02 Å². The van der Waals surface area contributed by atoms with Gasteiger partial charge in [-0.2, -0.15) is 10.1 Å². The van der Waals surface area contributed by atoms with Crippen molar-refractivity contribution in [1.82, 2.24) is 0 Å². The number of halogens is 2. The van der Waals surface area contributed by atoms with Crippen LogP contribution in [0.3, 0.4) is 0 Å². The van der Waals surface area contributed by atoms with Crippen LogP contribution in [0.15, 0.2) is 82.4 Å². The van der Waals surface area contributed by atoms with E-state index in [-0.39, 0.29) is 11.9 Å². The lowest BCUT2D eigenvalue weighted by Gasteiger charge is -2.52. The van der Waals surface area contributed by atoms with Crippen LogP contribution in [0.1, 0.15) is 30.9 Å². The first-order valence-corrected chi connectivity index (χ1v) is 13.4. The van der Waals surface area contributed by atoms with E-state index in [1.54, 1.807) is 5.01 Å². The fourth-order valence-electron chi connectivity index (χ4n) is 6.29. The number of benzene rings is 3. The molecule has 35 heavy (non-hydrogen) atoms. The summed E-state index contributed by atoms with van der Waals surface area (Å²) in [5.74, 6) is 0.594. The molecular formula is C29H27BrClN3O. The van der Waals surface area contributed by atoms with Gasteiger partial charge in [-0.25, -0.2) is 0 Å². The standard InChI is InChI=1S/C29H27BrClN3O/c1-19-29(28(35)34(32-19)25-10-8-24(31)9-11-25)18-22-17-23(30)7-12-26(22)33-14-13-21(16-27(29)33)15-20-5-3-2-4-6-20/h2-12,17,21,27H,13-16,18H2,1H3/t21-,27+,29-/m0/s1. The van der Waals surface area contributed by atoms with E-state index in [9.17, 15) is 4.79 Å². The maximum absolute atomic E-state index is 14.3. The molecule has 1 amide bonds. The van der Waals surface area contributed by atoms with E-state index >= 15 is 0 Å². The lowest BCUT2D eigenvalue weighted by molar-refractivity contribution is -0.125. The number of piperidine rings is 1. The molecule has 3 aromatic rings. The van der Waals surface area contributed by atoms with Gasteiger partial charge >= 0.3 is 0 Å². The van der Waals surface area contributed by atoms with Gasteiger partial charge in [-0.15, -0.1) is 0 Å². The highest BCUT2D eigenvalue weighted by atomic mass is 79.9. The van der Waals surface area contributed by atoms with Gasteiger partial charge in [-0.1, -0.05) is 57.9 Å². The van der Waals surface area contributed by atoms with Gasteiger partial charge < -0.3 is 4.90 Å². The first-order chi connectivity index (χ1) is 17.0. The molecule has 3 aliphatic rings. The fraction of sp³-hybridized carbons (Fsp3) is 0.310. The summed E-state index contributed by atoms with van der Waals surface area (Å²) in [6, 6.07) is 24.7. The van der Waals surface area contributed by atoms with Crippen molar-refractivity contribution in [2.24, 2.45) is 16.4 Å². The topological polar surface area (TPSA) is 35.9 Å². The molecule has 6 heteroatoms. The number of anilines is 2. The minimum Gasteiger partial charge on any atom is -0.367 e. The second-order valence-corrected chi connectivity index (χ2v) is 11.3. The molecule has 6 rings (SSSR count). The predicted octanol–water partition coefficient (Wildman–Crippen LogP) is 6.90. The average molecular weight is 549 g/mol. The van der Waals surface area contributed by atoms with E-state index < -0.39 is 5.41 Å². The third-order valence-electron chi connectivity index (χ3n) is 8.01. The Labute approximate surface area is 219 Å². The third-order valence-corrected chi connectivity index (χ3v) is 8.75. The lowest BCUT2D eigenvalue weighted by Crippen LogP contribution is -2.62. The number of rotatable bonds is 3. The smallest absolute Gasteiger partial charge is 0.261 e. The van der Waals surface area contributed by atoms with Gasteiger partial charge in [0.15, 0.2) is 0 Å². The summed E-state index contributed by atoms with van der Waals surface area (Å²) in [7, 11) is 0. The van der Waals surface area contributed by atoms with E-state index in [2.05, 4.69) is 69.4 Å². The summed E-state index contributed by atoms with van der Waals surface area (Å²) >= 11 is 9.77. The molecule has 1 saturated heterocycles. The SMILES string of the molecule is CC1=NN(c2ccc(Cl)cc2)C(=O)[C@@]12Cc1cc(Br)ccc1N1CC[C@@H](Cc3ccccc3)C[C@@H]12. The van der Waals surface area contributed by atoms with Crippen LogP contribution in [-0.4, -0.2) is 24.2 Å². The monoisotopic (exact) mass is 547 g/mol. The summed E-state index contributed by atoms with van der Waals surface area (Å²) < 4.78 is 1.04. The van der Waals surface area contributed by atoms with E-state index in [0.717, 1.165) is 41.7 Å². The van der Waals surface area contributed by atoms with Gasteiger partial charge in [0.05, 0.1) is 11.4 Å². The highest BCUT2D eigenvalue weighted by molar-refractivity contribution is 9.10. The summed E-state index contributed by atoms with van der Waals surface area (Å²) in [5, 5.41) is 7.11. The Morgan fingerprint density at radius 2 is 1.86 bits per heavy atom. The zero-order chi connectivity index (χ0) is 24.2. The molecule has 0 bridgehead atoms. The first kappa shape index (κ1) is 22.8. The van der Waals surface area contributed by atoms with Crippen LogP contribution in [-0.2, 0) is 17.6 Å². The number of carbonyl (C=O) groups is 1. The van der Waals surface area contributed by atoms with E-state index in [1.807, 2.05) is 31.2 Å². The number of carbonyl (C=O) groups excluding carboxylic acids is 1. The Morgan fingerprint density at radius 3 is 2.63 bits per heavy atom. The molecule has 0 aromatic heterocycles. The predicted molar refractivity (Wildman–Crippen MR) is 146 cm³/mol. The van der Waals surface area contributed by atoms with Gasteiger partial charge in [0.25, 0.3) is 5.91 Å². The maximum Gasteiger partial charge on any atom is 0.261 e. The Bertz CT molecular complexity index is 1310. The molecule has 1 spiro atoms. The van der Waals surface area contributed by atoms with Gasteiger partial charge in [0.2, 0.25) is 0 Å². The van der Waals surface area contributed by atoms with Crippen molar-refractivity contribution in [2.75, 3.05) is 16.5 Å². The van der Waals surface area contributed by atoms with Crippen molar-refractivity contribution >= 4 is 50.5 Å². The number of amides is 1. The molecule has 0 radical (unpaired) electrons. The Morgan fingerprint density at radius 1 is 1.09 bits per heavy atom. The van der Waals surface area contributed by atoms with E-state index in [0.29, 0.717) is 17.4 Å². The molecule has 4 nitrogen and oxygen atoms in total. The third kappa shape index (κ3) is 3.80. The summed E-state index contributed by atoms with van der Waals surface area (Å²) in [6.07, 6.45) is 3.79. The number of fused-ring (bicyclic) bond motifs is 4. The summed E-state index contributed by atoms with van der Waals surface area (Å²) in [6.45, 7) is 2.98.